The fourth-order valence-electron chi connectivity index (χ4n) is 3.58. The third-order valence-electron chi connectivity index (χ3n) is 5.04. The van der Waals surface area contributed by atoms with Crippen molar-refractivity contribution < 1.29 is 24.2 Å². The van der Waals surface area contributed by atoms with Crippen LogP contribution in [0.5, 0.6) is 0 Å². The van der Waals surface area contributed by atoms with Crippen molar-refractivity contribution in [3.05, 3.63) is 59.7 Å². The summed E-state index contributed by atoms with van der Waals surface area (Å²) < 4.78 is 5.45. The molecule has 0 heterocycles. The second kappa shape index (κ2) is 8.12. The van der Waals surface area contributed by atoms with Crippen molar-refractivity contribution in [2.75, 3.05) is 13.7 Å². The highest BCUT2D eigenvalue weighted by Crippen LogP contribution is 2.44. The first kappa shape index (κ1) is 19.4. The van der Waals surface area contributed by atoms with Crippen molar-refractivity contribution in [3.8, 4) is 11.1 Å². The molecule has 7 heteroatoms. The van der Waals surface area contributed by atoms with Crippen molar-refractivity contribution in [1.82, 2.24) is 4.90 Å². The van der Waals surface area contributed by atoms with Crippen molar-refractivity contribution in [1.29, 1.82) is 0 Å². The summed E-state index contributed by atoms with van der Waals surface area (Å²) in [5.74, 6) is -1.94. The molecule has 2 aromatic carbocycles. The summed E-state index contributed by atoms with van der Waals surface area (Å²) in [5.41, 5.74) is 9.44. The van der Waals surface area contributed by atoms with Crippen molar-refractivity contribution in [2.45, 2.75) is 24.8 Å². The van der Waals surface area contributed by atoms with Gasteiger partial charge in [-0.3, -0.25) is 9.69 Å². The van der Waals surface area contributed by atoms with Crippen molar-refractivity contribution in [3.63, 3.8) is 0 Å². The number of likely N-dealkylation sites (N-methyl/N-ethyl adjacent to an activating group) is 1. The minimum atomic E-state index is -1.21. The largest absolute Gasteiger partial charge is 0.480 e. The molecule has 0 spiro atoms. The lowest BCUT2D eigenvalue weighted by Crippen LogP contribution is -2.43. The number of ether oxygens (including phenoxy) is 1. The highest BCUT2D eigenvalue weighted by molar-refractivity contribution is 5.82. The van der Waals surface area contributed by atoms with Crippen LogP contribution in [-0.2, 0) is 14.3 Å². The first-order chi connectivity index (χ1) is 13.4. The summed E-state index contributed by atoms with van der Waals surface area (Å²) >= 11 is 0. The van der Waals surface area contributed by atoms with Crippen LogP contribution in [0.4, 0.5) is 4.79 Å². The molecular formula is C21H22N2O5. The third-order valence-corrected chi connectivity index (χ3v) is 5.04. The van der Waals surface area contributed by atoms with Crippen LogP contribution < -0.4 is 5.73 Å². The number of hydrogen-bond donors (Lipinski definition) is 2. The van der Waals surface area contributed by atoms with Crippen molar-refractivity contribution in [2.24, 2.45) is 5.73 Å². The van der Waals surface area contributed by atoms with E-state index in [1.807, 2.05) is 48.5 Å². The second-order valence-electron chi connectivity index (χ2n) is 6.77. The maximum atomic E-state index is 12.4. The monoisotopic (exact) mass is 382 g/mol. The predicted octanol–water partition coefficient (Wildman–Crippen LogP) is 2.59. The van der Waals surface area contributed by atoms with Crippen LogP contribution in [0.15, 0.2) is 48.5 Å². The molecule has 0 aromatic heterocycles. The summed E-state index contributed by atoms with van der Waals surface area (Å²) in [6.45, 7) is 0.0966. The molecule has 3 N–H and O–H groups in total. The van der Waals surface area contributed by atoms with E-state index in [1.165, 1.54) is 7.05 Å². The Morgan fingerprint density at radius 2 is 1.61 bits per heavy atom. The number of hydrogen-bond acceptors (Lipinski definition) is 4. The SMILES string of the molecule is CN(C(=O)OCC1c2ccccc2-c2ccccc21)[C@@H](CCC(N)=O)C(=O)O. The van der Waals surface area contributed by atoms with Gasteiger partial charge in [-0.2, -0.15) is 0 Å². The first-order valence-corrected chi connectivity index (χ1v) is 8.99. The number of amides is 2. The Morgan fingerprint density at radius 1 is 1.07 bits per heavy atom. The minimum absolute atomic E-state index is 0.0641. The molecule has 1 aliphatic carbocycles. The Morgan fingerprint density at radius 3 is 2.11 bits per heavy atom. The zero-order valence-corrected chi connectivity index (χ0v) is 15.5. The molecule has 1 atom stereocenters. The number of fused-ring (bicyclic) bond motifs is 3. The molecule has 1 aliphatic rings. The Hall–Kier alpha value is -3.35. The van der Waals surface area contributed by atoms with Crippen LogP contribution in [0.2, 0.25) is 0 Å². The first-order valence-electron chi connectivity index (χ1n) is 8.99. The molecule has 0 bridgehead atoms. The number of benzene rings is 2. The minimum Gasteiger partial charge on any atom is -0.480 e. The van der Waals surface area contributed by atoms with Gasteiger partial charge in [0.05, 0.1) is 0 Å². The summed E-state index contributed by atoms with van der Waals surface area (Å²) in [7, 11) is 1.35. The lowest BCUT2D eigenvalue weighted by Gasteiger charge is -2.25. The van der Waals surface area contributed by atoms with E-state index in [9.17, 15) is 19.5 Å². The van der Waals surface area contributed by atoms with E-state index in [1.54, 1.807) is 0 Å². The Bertz CT molecular complexity index is 866. The van der Waals surface area contributed by atoms with E-state index in [0.717, 1.165) is 27.2 Å². The quantitative estimate of drug-likeness (QED) is 0.765. The fourth-order valence-corrected chi connectivity index (χ4v) is 3.58. The van der Waals surface area contributed by atoms with Gasteiger partial charge in [0.15, 0.2) is 0 Å². The molecule has 0 saturated heterocycles. The van der Waals surface area contributed by atoms with Gasteiger partial charge < -0.3 is 15.6 Å². The van der Waals surface area contributed by atoms with E-state index >= 15 is 0 Å². The molecule has 2 aromatic rings. The second-order valence-corrected chi connectivity index (χ2v) is 6.77. The van der Waals surface area contributed by atoms with Crippen LogP contribution in [-0.4, -0.2) is 47.7 Å². The molecule has 28 heavy (non-hydrogen) atoms. The number of carboxylic acid groups (broad SMARTS) is 1. The van der Waals surface area contributed by atoms with Gasteiger partial charge in [0, 0.05) is 19.4 Å². The Balaban J connectivity index is 1.72. The summed E-state index contributed by atoms with van der Waals surface area (Å²) in [6.07, 6.45) is -0.942. The van der Waals surface area contributed by atoms with E-state index in [2.05, 4.69) is 0 Å². The molecule has 7 nitrogen and oxygen atoms in total. The third kappa shape index (κ3) is 3.83. The van der Waals surface area contributed by atoms with Gasteiger partial charge >= 0.3 is 12.1 Å². The molecular weight excluding hydrogens is 360 g/mol. The number of carboxylic acids is 1. The van der Waals surface area contributed by atoms with Gasteiger partial charge in [0.2, 0.25) is 5.91 Å². The molecule has 0 saturated carbocycles. The zero-order chi connectivity index (χ0) is 20.3. The molecule has 2 amide bonds. The van der Waals surface area contributed by atoms with Crippen molar-refractivity contribution >= 4 is 18.0 Å². The number of nitrogens with two attached hydrogens (primary N) is 1. The standard InChI is InChI=1S/C21H22N2O5/c1-23(18(20(25)26)10-11-19(22)24)21(27)28-12-17-15-8-4-2-6-13(15)14-7-3-5-9-16(14)17/h2-9,17-18H,10-12H2,1H3,(H2,22,24)(H,25,26)/t18-/m0/s1. The number of carbonyl (C=O) groups excluding carboxylic acids is 2. The number of aliphatic carboxylic acids is 1. The average molecular weight is 382 g/mol. The van der Waals surface area contributed by atoms with E-state index in [0.29, 0.717) is 0 Å². The van der Waals surface area contributed by atoms with Gasteiger partial charge in [-0.25, -0.2) is 9.59 Å². The topological polar surface area (TPSA) is 110 Å². The maximum Gasteiger partial charge on any atom is 0.410 e. The van der Waals surface area contributed by atoms with Crippen LogP contribution in [0.25, 0.3) is 11.1 Å². The number of carbonyl (C=O) groups is 3. The summed E-state index contributed by atoms with van der Waals surface area (Å²) in [6, 6.07) is 14.7. The lowest BCUT2D eigenvalue weighted by atomic mass is 9.98. The Labute approximate surface area is 162 Å². The van der Waals surface area contributed by atoms with Gasteiger partial charge in [-0.15, -0.1) is 0 Å². The number of rotatable bonds is 7. The molecule has 0 radical (unpaired) electrons. The summed E-state index contributed by atoms with van der Waals surface area (Å²) in [4.78, 5) is 35.8. The normalized spacial score (nSPS) is 13.3. The molecule has 0 fully saturated rings. The highest BCUT2D eigenvalue weighted by atomic mass is 16.6. The van der Waals surface area contributed by atoms with Crippen LogP contribution in [0, 0.1) is 0 Å². The highest BCUT2D eigenvalue weighted by Gasteiger charge is 2.31. The van der Waals surface area contributed by atoms with E-state index in [-0.39, 0.29) is 25.4 Å². The van der Waals surface area contributed by atoms with Gasteiger partial charge in [0.25, 0.3) is 0 Å². The summed E-state index contributed by atoms with van der Waals surface area (Å²) in [5, 5.41) is 9.34. The van der Waals surface area contributed by atoms with E-state index < -0.39 is 24.0 Å². The molecule has 0 aliphatic heterocycles. The van der Waals surface area contributed by atoms with E-state index in [4.69, 9.17) is 10.5 Å². The Kier molecular flexibility index (Phi) is 5.63. The average Bonchev–Trinajstić information content (AvgIpc) is 2.99. The van der Waals surface area contributed by atoms with Gasteiger partial charge in [0.1, 0.15) is 12.6 Å². The van der Waals surface area contributed by atoms with Gasteiger partial charge in [-0.1, -0.05) is 48.5 Å². The molecule has 146 valence electrons. The molecule has 0 unspecified atom stereocenters. The van der Waals surface area contributed by atoms with Gasteiger partial charge in [-0.05, 0) is 28.7 Å². The number of nitrogens with zero attached hydrogens (tertiary/aromatic N) is 1. The predicted molar refractivity (Wildman–Crippen MR) is 103 cm³/mol. The number of primary amides is 1. The maximum absolute atomic E-state index is 12.4. The van der Waals surface area contributed by atoms with Crippen LogP contribution in [0.1, 0.15) is 29.9 Å². The smallest absolute Gasteiger partial charge is 0.410 e. The lowest BCUT2D eigenvalue weighted by molar-refractivity contribution is -0.142. The van der Waals surface area contributed by atoms with Crippen LogP contribution in [0.3, 0.4) is 0 Å². The zero-order valence-electron chi connectivity index (χ0n) is 15.5. The fraction of sp³-hybridized carbons (Fsp3) is 0.286. The molecule has 3 rings (SSSR count). The van der Waals surface area contributed by atoms with Crippen LogP contribution >= 0.6 is 0 Å².